The summed E-state index contributed by atoms with van der Waals surface area (Å²) in [5, 5.41) is 0.184. The Hall–Kier alpha value is -2.67. The van der Waals surface area contributed by atoms with Gasteiger partial charge >= 0.3 is 12.1 Å². The van der Waals surface area contributed by atoms with Crippen LogP contribution in [0.25, 0.3) is 0 Å². The Bertz CT molecular complexity index is 1090. The SMILES string of the molecule is CC1(C)CC(=O)C2C(=Nc3ccccc3N(C(=O)C(F)(F)F)C2c2ccccc2Cl)C1. The summed E-state index contributed by atoms with van der Waals surface area (Å²) < 4.78 is 41.2. The monoisotopic (exact) mass is 448 g/mol. The summed E-state index contributed by atoms with van der Waals surface area (Å²) in [5.41, 5.74) is 0.581. The minimum Gasteiger partial charge on any atom is -0.299 e. The molecule has 0 bridgehead atoms. The van der Waals surface area contributed by atoms with Crippen molar-refractivity contribution in [2.45, 2.75) is 38.9 Å². The molecule has 2 aromatic carbocycles. The summed E-state index contributed by atoms with van der Waals surface area (Å²) in [6.07, 6.45) is -4.55. The molecule has 1 amide bonds. The van der Waals surface area contributed by atoms with Gasteiger partial charge in [0, 0.05) is 17.2 Å². The van der Waals surface area contributed by atoms with Crippen LogP contribution in [0.5, 0.6) is 0 Å². The van der Waals surface area contributed by atoms with E-state index in [2.05, 4.69) is 4.99 Å². The van der Waals surface area contributed by atoms with Crippen molar-refractivity contribution in [3.63, 3.8) is 0 Å². The highest BCUT2D eigenvalue weighted by Crippen LogP contribution is 2.50. The van der Waals surface area contributed by atoms with Gasteiger partial charge in [-0.05, 0) is 35.6 Å². The molecule has 2 aromatic rings. The highest BCUT2D eigenvalue weighted by molar-refractivity contribution is 6.31. The summed E-state index contributed by atoms with van der Waals surface area (Å²) in [6.45, 7) is 3.84. The third-order valence-corrected chi connectivity index (χ3v) is 6.05. The van der Waals surface area contributed by atoms with Gasteiger partial charge in [0.15, 0.2) is 0 Å². The quantitative estimate of drug-likeness (QED) is 0.531. The maximum absolute atomic E-state index is 13.7. The number of carbonyl (C=O) groups is 2. The molecule has 0 aromatic heterocycles. The molecule has 2 aliphatic rings. The van der Waals surface area contributed by atoms with Crippen LogP contribution in [0.4, 0.5) is 24.5 Å². The van der Waals surface area contributed by atoms with Crippen LogP contribution in [0.2, 0.25) is 5.02 Å². The lowest BCUT2D eigenvalue weighted by Crippen LogP contribution is -2.50. The Labute approximate surface area is 182 Å². The zero-order valence-corrected chi connectivity index (χ0v) is 17.7. The fourth-order valence-corrected chi connectivity index (χ4v) is 4.77. The van der Waals surface area contributed by atoms with Gasteiger partial charge in [0.25, 0.3) is 0 Å². The van der Waals surface area contributed by atoms with Crippen LogP contribution in [0.1, 0.15) is 38.3 Å². The number of Topliss-reactive ketones (excluding diaryl/α,β-unsaturated/α-hetero) is 1. The van der Waals surface area contributed by atoms with Crippen molar-refractivity contribution >= 4 is 40.4 Å². The number of hydrogen-bond acceptors (Lipinski definition) is 3. The molecule has 1 aliphatic heterocycles. The van der Waals surface area contributed by atoms with Crippen LogP contribution in [0, 0.1) is 11.3 Å². The van der Waals surface area contributed by atoms with E-state index < -0.39 is 29.5 Å². The fourth-order valence-electron chi connectivity index (χ4n) is 4.52. The summed E-state index contributed by atoms with van der Waals surface area (Å²) in [5.74, 6) is -3.33. The number of ketones is 1. The van der Waals surface area contributed by atoms with Crippen LogP contribution in [0.15, 0.2) is 53.5 Å². The molecule has 0 N–H and O–H groups in total. The molecule has 31 heavy (non-hydrogen) atoms. The zero-order chi connectivity index (χ0) is 22.6. The van der Waals surface area contributed by atoms with Crippen molar-refractivity contribution in [3.05, 3.63) is 59.1 Å². The molecular formula is C23H20ClF3N2O2. The van der Waals surface area contributed by atoms with Gasteiger partial charge in [-0.1, -0.05) is 55.8 Å². The number of rotatable bonds is 1. The number of benzene rings is 2. The first-order valence-corrected chi connectivity index (χ1v) is 10.2. The molecule has 162 valence electrons. The van der Waals surface area contributed by atoms with E-state index in [4.69, 9.17) is 11.6 Å². The topological polar surface area (TPSA) is 49.7 Å². The maximum Gasteiger partial charge on any atom is 0.471 e. The molecule has 1 saturated carbocycles. The van der Waals surface area contributed by atoms with E-state index in [1.165, 1.54) is 12.1 Å². The van der Waals surface area contributed by atoms with Gasteiger partial charge in [-0.3, -0.25) is 19.5 Å². The van der Waals surface area contributed by atoms with Crippen molar-refractivity contribution in [1.82, 2.24) is 0 Å². The average Bonchev–Trinajstić information content (AvgIpc) is 2.80. The van der Waals surface area contributed by atoms with E-state index in [1.54, 1.807) is 36.4 Å². The van der Waals surface area contributed by atoms with Crippen molar-refractivity contribution in [2.24, 2.45) is 16.3 Å². The minimum absolute atomic E-state index is 0.00208. The highest BCUT2D eigenvalue weighted by Gasteiger charge is 2.53. The number of amides is 1. The Balaban J connectivity index is 2.03. The molecule has 1 fully saturated rings. The summed E-state index contributed by atoms with van der Waals surface area (Å²) >= 11 is 6.39. The number of halogens is 4. The molecule has 0 radical (unpaired) electrons. The molecule has 1 aliphatic carbocycles. The van der Waals surface area contributed by atoms with Crippen LogP contribution >= 0.6 is 11.6 Å². The van der Waals surface area contributed by atoms with E-state index >= 15 is 0 Å². The van der Waals surface area contributed by atoms with Crippen LogP contribution < -0.4 is 4.90 Å². The minimum atomic E-state index is -5.14. The molecule has 0 spiro atoms. The number of aliphatic imine (C=N–C) groups is 1. The average molecular weight is 449 g/mol. The molecular weight excluding hydrogens is 429 g/mol. The summed E-state index contributed by atoms with van der Waals surface area (Å²) in [6, 6.07) is 11.3. The van der Waals surface area contributed by atoms with Gasteiger partial charge in [-0.15, -0.1) is 0 Å². The third-order valence-electron chi connectivity index (χ3n) is 5.70. The first kappa shape index (κ1) is 21.6. The Morgan fingerprint density at radius 2 is 1.74 bits per heavy atom. The second-order valence-electron chi connectivity index (χ2n) is 8.69. The molecule has 8 heteroatoms. The second-order valence-corrected chi connectivity index (χ2v) is 9.10. The van der Waals surface area contributed by atoms with Crippen LogP contribution in [-0.2, 0) is 9.59 Å². The smallest absolute Gasteiger partial charge is 0.299 e. The highest BCUT2D eigenvalue weighted by atomic mass is 35.5. The Morgan fingerprint density at radius 1 is 1.10 bits per heavy atom. The predicted octanol–water partition coefficient (Wildman–Crippen LogP) is 6.07. The Morgan fingerprint density at radius 3 is 2.42 bits per heavy atom. The van der Waals surface area contributed by atoms with Gasteiger partial charge < -0.3 is 0 Å². The molecule has 4 nitrogen and oxygen atoms in total. The van der Waals surface area contributed by atoms with Gasteiger partial charge in [0.05, 0.1) is 23.3 Å². The van der Waals surface area contributed by atoms with Crippen molar-refractivity contribution in [3.8, 4) is 0 Å². The standard InChI is InChI=1S/C23H20ClF3N2O2/c1-22(2)11-16-19(18(30)12-22)20(13-7-3-4-8-14(13)24)29(21(31)23(25,26)27)17-10-6-5-9-15(17)28-16/h3-10,19-20H,11-12H2,1-2H3. The number of para-hydroxylation sites is 2. The first-order chi connectivity index (χ1) is 14.5. The van der Waals surface area contributed by atoms with Gasteiger partial charge in [0.1, 0.15) is 5.78 Å². The van der Waals surface area contributed by atoms with Gasteiger partial charge in [0.2, 0.25) is 0 Å². The molecule has 1 heterocycles. The number of alkyl halides is 3. The van der Waals surface area contributed by atoms with E-state index in [1.807, 2.05) is 13.8 Å². The number of hydrogen-bond donors (Lipinski definition) is 0. The molecule has 4 rings (SSSR count). The maximum atomic E-state index is 13.7. The van der Waals surface area contributed by atoms with E-state index in [9.17, 15) is 22.8 Å². The lowest BCUT2D eigenvalue weighted by molar-refractivity contribution is -0.171. The van der Waals surface area contributed by atoms with Crippen molar-refractivity contribution in [1.29, 1.82) is 0 Å². The van der Waals surface area contributed by atoms with Crippen LogP contribution in [-0.4, -0.2) is 23.6 Å². The van der Waals surface area contributed by atoms with Crippen LogP contribution in [0.3, 0.4) is 0 Å². The predicted molar refractivity (Wildman–Crippen MR) is 113 cm³/mol. The largest absolute Gasteiger partial charge is 0.471 e. The lowest BCUT2D eigenvalue weighted by atomic mass is 9.68. The third kappa shape index (κ3) is 3.87. The number of anilines is 1. The first-order valence-electron chi connectivity index (χ1n) is 9.84. The summed E-state index contributed by atoms with van der Waals surface area (Å²) in [4.78, 5) is 31.3. The fraction of sp³-hybridized carbons (Fsp3) is 0.348. The van der Waals surface area contributed by atoms with E-state index in [0.29, 0.717) is 17.0 Å². The normalized spacial score (nSPS) is 22.8. The van der Waals surface area contributed by atoms with Crippen molar-refractivity contribution < 1.29 is 22.8 Å². The Kier molecular flexibility index (Phi) is 5.20. The van der Waals surface area contributed by atoms with Crippen molar-refractivity contribution in [2.75, 3.05) is 4.90 Å². The molecule has 2 unspecified atom stereocenters. The zero-order valence-electron chi connectivity index (χ0n) is 16.9. The molecule has 2 atom stereocenters. The van der Waals surface area contributed by atoms with Gasteiger partial charge in [-0.25, -0.2) is 0 Å². The second kappa shape index (κ2) is 7.48. The number of carbonyl (C=O) groups excluding carboxylic acids is 2. The van der Waals surface area contributed by atoms with E-state index in [-0.39, 0.29) is 34.2 Å². The number of nitrogens with zero attached hydrogens (tertiary/aromatic N) is 2. The van der Waals surface area contributed by atoms with Gasteiger partial charge in [-0.2, -0.15) is 13.2 Å². The lowest BCUT2D eigenvalue weighted by Gasteiger charge is -2.41. The number of fused-ring (bicyclic) bond motifs is 2. The van der Waals surface area contributed by atoms with E-state index in [0.717, 1.165) is 0 Å². The summed E-state index contributed by atoms with van der Waals surface area (Å²) in [7, 11) is 0. The molecule has 0 saturated heterocycles.